The molecule has 7 nitrogen and oxygen atoms in total. The second-order valence-corrected chi connectivity index (χ2v) is 9.91. The van der Waals surface area contributed by atoms with Crippen molar-refractivity contribution in [3.63, 3.8) is 0 Å². The molecular weight excluding hydrogens is 438 g/mol. The lowest BCUT2D eigenvalue weighted by Crippen LogP contribution is -2.02. The van der Waals surface area contributed by atoms with Crippen molar-refractivity contribution in [2.75, 3.05) is 0 Å². The van der Waals surface area contributed by atoms with Crippen LogP contribution in [0.5, 0.6) is 0 Å². The van der Waals surface area contributed by atoms with Gasteiger partial charge < -0.3 is 0 Å². The van der Waals surface area contributed by atoms with Crippen molar-refractivity contribution in [1.29, 1.82) is 0 Å². The molecule has 0 unspecified atom stereocenters. The van der Waals surface area contributed by atoms with Gasteiger partial charge in [0.25, 0.3) is 0 Å². The van der Waals surface area contributed by atoms with Gasteiger partial charge in [0.05, 0.1) is 21.4 Å². The Labute approximate surface area is 192 Å². The molecule has 0 bridgehead atoms. The van der Waals surface area contributed by atoms with Crippen molar-refractivity contribution < 1.29 is 0 Å². The first kappa shape index (κ1) is 19.4. The summed E-state index contributed by atoms with van der Waals surface area (Å²) in [6, 6.07) is 14.2. The minimum absolute atomic E-state index is 0.654. The third-order valence-corrected chi connectivity index (χ3v) is 7.75. The monoisotopic (exact) mass is 457 g/mol. The summed E-state index contributed by atoms with van der Waals surface area (Å²) in [7, 11) is 0. The van der Waals surface area contributed by atoms with Crippen LogP contribution >= 0.6 is 23.1 Å². The molecule has 0 aliphatic carbocycles. The van der Waals surface area contributed by atoms with E-state index in [1.165, 1.54) is 4.70 Å². The second kappa shape index (κ2) is 7.39. The Morgan fingerprint density at radius 2 is 1.81 bits per heavy atom. The predicted octanol–water partition coefficient (Wildman–Crippen LogP) is 5.29. The van der Waals surface area contributed by atoms with Gasteiger partial charge in [0.15, 0.2) is 21.5 Å². The average molecular weight is 458 g/mol. The van der Waals surface area contributed by atoms with Crippen LogP contribution in [0.15, 0.2) is 53.1 Å². The number of benzene rings is 1. The van der Waals surface area contributed by atoms with Crippen molar-refractivity contribution >= 4 is 50.0 Å². The van der Waals surface area contributed by atoms with Crippen LogP contribution in [0.1, 0.15) is 22.8 Å². The lowest BCUT2D eigenvalue weighted by Gasteiger charge is -2.07. The van der Waals surface area contributed by atoms with Crippen LogP contribution in [0, 0.1) is 20.8 Å². The zero-order chi connectivity index (χ0) is 21.8. The van der Waals surface area contributed by atoms with Gasteiger partial charge in [-0.15, -0.1) is 16.4 Å². The maximum atomic E-state index is 4.87. The molecule has 6 aromatic rings. The fourth-order valence-corrected chi connectivity index (χ4v) is 5.86. The molecule has 0 aliphatic rings. The molecule has 6 rings (SSSR count). The Morgan fingerprint density at radius 1 is 0.938 bits per heavy atom. The normalized spacial score (nSPS) is 11.8. The molecule has 0 spiro atoms. The highest BCUT2D eigenvalue weighted by molar-refractivity contribution is 8.00. The molecule has 1 aromatic carbocycles. The zero-order valence-electron chi connectivity index (χ0n) is 17.8. The summed E-state index contributed by atoms with van der Waals surface area (Å²) >= 11 is 3.36. The fraction of sp³-hybridized carbons (Fsp3) is 0.174. The molecule has 5 heterocycles. The molecule has 158 valence electrons. The summed E-state index contributed by atoms with van der Waals surface area (Å²) in [5, 5.41) is 5.68. The number of fused-ring (bicyclic) bond motifs is 4. The third-order valence-electron chi connectivity index (χ3n) is 5.58. The average Bonchev–Trinajstić information content (AvgIpc) is 3.46. The van der Waals surface area contributed by atoms with Crippen LogP contribution in [-0.4, -0.2) is 34.1 Å². The molecule has 5 aromatic heterocycles. The van der Waals surface area contributed by atoms with E-state index in [2.05, 4.69) is 29.6 Å². The van der Waals surface area contributed by atoms with Gasteiger partial charge in [-0.3, -0.25) is 4.57 Å². The van der Waals surface area contributed by atoms with Crippen molar-refractivity contribution in [2.24, 2.45) is 0 Å². The predicted molar refractivity (Wildman–Crippen MR) is 129 cm³/mol. The smallest absolute Gasteiger partial charge is 0.168 e. The van der Waals surface area contributed by atoms with Gasteiger partial charge in [0, 0.05) is 11.4 Å². The molecular formula is C23H19N7S2. The van der Waals surface area contributed by atoms with Crippen LogP contribution < -0.4 is 0 Å². The summed E-state index contributed by atoms with van der Waals surface area (Å²) in [5.74, 6) is 2.28. The Kier molecular flexibility index (Phi) is 4.48. The van der Waals surface area contributed by atoms with Crippen LogP contribution in [0.2, 0.25) is 0 Å². The number of hydrogen-bond donors (Lipinski definition) is 0. The SMILES string of the molecule is Cc1cccc(-n2c(C)c(C)c3c2ncn2nc(CSc4nc5ccccc5s4)nc32)n1. The summed E-state index contributed by atoms with van der Waals surface area (Å²) in [4.78, 5) is 19.0. The first-order valence-corrected chi connectivity index (χ1v) is 12.0. The largest absolute Gasteiger partial charge is 0.282 e. The molecule has 0 amide bonds. The highest BCUT2D eigenvalue weighted by atomic mass is 32.2. The number of pyridine rings is 1. The lowest BCUT2D eigenvalue weighted by atomic mass is 10.2. The van der Waals surface area contributed by atoms with Gasteiger partial charge in [-0.1, -0.05) is 30.0 Å². The highest BCUT2D eigenvalue weighted by Gasteiger charge is 2.19. The van der Waals surface area contributed by atoms with Crippen LogP contribution in [0.3, 0.4) is 0 Å². The third kappa shape index (κ3) is 3.08. The van der Waals surface area contributed by atoms with Gasteiger partial charge >= 0.3 is 0 Å². The number of aromatic nitrogens is 7. The molecule has 0 atom stereocenters. The van der Waals surface area contributed by atoms with Gasteiger partial charge in [-0.25, -0.2) is 24.5 Å². The topological polar surface area (TPSA) is 73.8 Å². The molecule has 0 N–H and O–H groups in total. The summed E-state index contributed by atoms with van der Waals surface area (Å²) in [6.07, 6.45) is 1.74. The van der Waals surface area contributed by atoms with Crippen LogP contribution in [-0.2, 0) is 5.75 Å². The summed E-state index contributed by atoms with van der Waals surface area (Å²) < 4.78 is 6.09. The van der Waals surface area contributed by atoms with E-state index in [1.807, 2.05) is 43.3 Å². The van der Waals surface area contributed by atoms with E-state index in [-0.39, 0.29) is 0 Å². The number of hydrogen-bond acceptors (Lipinski definition) is 7. The lowest BCUT2D eigenvalue weighted by molar-refractivity contribution is 0.892. The van der Waals surface area contributed by atoms with E-state index in [1.54, 1.807) is 33.9 Å². The van der Waals surface area contributed by atoms with Gasteiger partial charge in [0.1, 0.15) is 12.1 Å². The molecule has 0 radical (unpaired) electrons. The van der Waals surface area contributed by atoms with Crippen molar-refractivity contribution in [3.8, 4) is 5.82 Å². The standard InChI is InChI=1S/C23H19N7S2/c1-13-7-6-10-19(25-13)30-15(3)14(2)20-21(30)24-12-29-22(20)27-18(28-29)11-31-23-26-16-8-4-5-9-17(16)32-23/h4-10,12H,11H2,1-3H3. The summed E-state index contributed by atoms with van der Waals surface area (Å²) in [5.41, 5.74) is 5.92. The van der Waals surface area contributed by atoms with Crippen molar-refractivity contribution in [2.45, 2.75) is 30.9 Å². The maximum absolute atomic E-state index is 4.87. The van der Waals surface area contributed by atoms with E-state index in [0.29, 0.717) is 5.75 Å². The fourth-order valence-electron chi connectivity index (χ4n) is 3.94. The highest BCUT2D eigenvalue weighted by Crippen LogP contribution is 2.32. The van der Waals surface area contributed by atoms with Gasteiger partial charge in [0.2, 0.25) is 0 Å². The maximum Gasteiger partial charge on any atom is 0.168 e. The summed E-state index contributed by atoms with van der Waals surface area (Å²) in [6.45, 7) is 6.20. The van der Waals surface area contributed by atoms with Crippen molar-refractivity contribution in [3.05, 3.63) is 71.6 Å². The zero-order valence-corrected chi connectivity index (χ0v) is 19.4. The number of para-hydroxylation sites is 1. The van der Waals surface area contributed by atoms with Gasteiger partial charge in [-0.2, -0.15) is 0 Å². The van der Waals surface area contributed by atoms with Gasteiger partial charge in [-0.05, 0) is 50.6 Å². The Morgan fingerprint density at radius 3 is 2.66 bits per heavy atom. The first-order valence-electron chi connectivity index (χ1n) is 10.2. The number of aryl methyl sites for hydroxylation is 2. The van der Waals surface area contributed by atoms with Crippen LogP contribution in [0.4, 0.5) is 0 Å². The second-order valence-electron chi connectivity index (χ2n) is 7.66. The minimum atomic E-state index is 0.654. The van der Waals surface area contributed by atoms with E-state index in [0.717, 1.165) is 55.1 Å². The van der Waals surface area contributed by atoms with Crippen molar-refractivity contribution in [1.82, 2.24) is 34.1 Å². The van der Waals surface area contributed by atoms with E-state index in [9.17, 15) is 0 Å². The number of thiazole rings is 1. The first-order chi connectivity index (χ1) is 15.6. The Hall–Kier alpha value is -3.30. The number of thioether (sulfide) groups is 1. The molecule has 0 saturated carbocycles. The molecule has 0 fully saturated rings. The van der Waals surface area contributed by atoms with E-state index >= 15 is 0 Å². The van der Waals surface area contributed by atoms with E-state index < -0.39 is 0 Å². The minimum Gasteiger partial charge on any atom is -0.282 e. The Balaban J connectivity index is 1.40. The molecule has 32 heavy (non-hydrogen) atoms. The quantitative estimate of drug-likeness (QED) is 0.335. The molecule has 9 heteroatoms. The number of rotatable bonds is 4. The molecule has 0 saturated heterocycles. The van der Waals surface area contributed by atoms with Crippen LogP contribution in [0.25, 0.3) is 32.7 Å². The Bertz CT molecular complexity index is 1590. The number of nitrogens with zero attached hydrogens (tertiary/aromatic N) is 7. The van der Waals surface area contributed by atoms with E-state index in [4.69, 9.17) is 19.9 Å². The molecule has 0 aliphatic heterocycles.